The van der Waals surface area contributed by atoms with Gasteiger partial charge in [-0.3, -0.25) is 0 Å². The van der Waals surface area contributed by atoms with Crippen molar-refractivity contribution in [1.29, 1.82) is 0 Å². The zero-order chi connectivity index (χ0) is 13.0. The van der Waals surface area contributed by atoms with Gasteiger partial charge in [0.25, 0.3) is 0 Å². The molecule has 2 heterocycles. The molecule has 0 radical (unpaired) electrons. The van der Waals surface area contributed by atoms with Gasteiger partial charge in [0, 0.05) is 38.6 Å². The molecule has 0 spiro atoms. The number of aromatic nitrogens is 4. The molecule has 2 aromatic rings. The van der Waals surface area contributed by atoms with Gasteiger partial charge >= 0.3 is 0 Å². The fraction of sp³-hybridized carbons (Fsp3) is 0.400. The van der Waals surface area contributed by atoms with Crippen LogP contribution in [0, 0.1) is 0 Å². The van der Waals surface area contributed by atoms with Crippen LogP contribution in [0.25, 0.3) is 0 Å². The molecule has 8 heteroatoms. The molecule has 2 aromatic heterocycles. The summed E-state index contributed by atoms with van der Waals surface area (Å²) in [5.74, 6) is 0. The van der Waals surface area contributed by atoms with Crippen LogP contribution in [0.2, 0.25) is 0 Å². The number of nitrogens with zero attached hydrogens (tertiary/aromatic N) is 5. The van der Waals surface area contributed by atoms with Gasteiger partial charge < -0.3 is 10.2 Å². The van der Waals surface area contributed by atoms with E-state index in [1.54, 1.807) is 0 Å². The van der Waals surface area contributed by atoms with Crippen molar-refractivity contribution in [3.8, 4) is 0 Å². The molecule has 0 atom stereocenters. The molecule has 0 amide bonds. The van der Waals surface area contributed by atoms with Crippen LogP contribution >= 0.6 is 23.1 Å². The van der Waals surface area contributed by atoms with E-state index < -0.39 is 0 Å². The second-order valence-electron chi connectivity index (χ2n) is 3.75. The summed E-state index contributed by atoms with van der Waals surface area (Å²) in [6.07, 6.45) is 3.64. The Morgan fingerprint density at radius 3 is 2.56 bits per heavy atom. The first kappa shape index (κ1) is 13.2. The molecule has 96 valence electrons. The minimum atomic E-state index is 0.691. The molecule has 0 saturated heterocycles. The summed E-state index contributed by atoms with van der Waals surface area (Å²) < 4.78 is 0.847. The van der Waals surface area contributed by atoms with Crippen LogP contribution in [0.5, 0.6) is 0 Å². The monoisotopic (exact) mass is 282 g/mol. The first-order chi connectivity index (χ1) is 8.69. The van der Waals surface area contributed by atoms with Gasteiger partial charge in [-0.1, -0.05) is 11.3 Å². The number of rotatable bonds is 5. The van der Waals surface area contributed by atoms with Gasteiger partial charge in [0.1, 0.15) is 0 Å². The van der Waals surface area contributed by atoms with E-state index in [9.17, 15) is 0 Å². The summed E-state index contributed by atoms with van der Waals surface area (Å²) in [6, 6.07) is 0. The highest BCUT2D eigenvalue weighted by Crippen LogP contribution is 2.30. The van der Waals surface area contributed by atoms with Crippen LogP contribution in [0.1, 0.15) is 5.56 Å². The van der Waals surface area contributed by atoms with Crippen molar-refractivity contribution in [2.24, 2.45) is 0 Å². The Labute approximate surface area is 114 Å². The molecule has 18 heavy (non-hydrogen) atoms. The molecule has 0 aliphatic heterocycles. The number of anilines is 1. The lowest BCUT2D eigenvalue weighted by atomic mass is 10.3. The Kier molecular flexibility index (Phi) is 4.45. The quantitative estimate of drug-likeness (QED) is 0.828. The van der Waals surface area contributed by atoms with Crippen LogP contribution in [-0.4, -0.2) is 41.3 Å². The Morgan fingerprint density at radius 2 is 2.00 bits per heavy atom. The van der Waals surface area contributed by atoms with Crippen molar-refractivity contribution < 1.29 is 0 Å². The Bertz CT molecular complexity index is 495. The highest BCUT2D eigenvalue weighted by atomic mass is 32.2. The van der Waals surface area contributed by atoms with Crippen LogP contribution in [-0.2, 0) is 6.54 Å². The Hall–Kier alpha value is -1.25. The lowest BCUT2D eigenvalue weighted by Gasteiger charge is -2.03. The smallest absolute Gasteiger partial charge is 0.208 e. The standard InChI is InChI=1S/C10H14N6S2/c1-11-4-7-5-12-8(13-6-7)17-10-15-14-9(18-10)16(2)3/h5-6,11H,4H2,1-3H3. The van der Waals surface area contributed by atoms with E-state index in [2.05, 4.69) is 25.5 Å². The maximum atomic E-state index is 4.28. The topological polar surface area (TPSA) is 66.8 Å². The summed E-state index contributed by atoms with van der Waals surface area (Å²) >= 11 is 2.95. The van der Waals surface area contributed by atoms with E-state index in [0.29, 0.717) is 5.16 Å². The van der Waals surface area contributed by atoms with Gasteiger partial charge in [0.05, 0.1) is 0 Å². The molecule has 1 N–H and O–H groups in total. The van der Waals surface area contributed by atoms with E-state index >= 15 is 0 Å². The third-order valence-corrected chi connectivity index (χ3v) is 4.05. The molecule has 0 aliphatic rings. The molecule has 0 aromatic carbocycles. The number of hydrogen-bond donors (Lipinski definition) is 1. The van der Waals surface area contributed by atoms with Crippen LogP contribution in [0.15, 0.2) is 21.9 Å². The average Bonchev–Trinajstić information content (AvgIpc) is 2.81. The minimum absolute atomic E-state index is 0.691. The average molecular weight is 282 g/mol. The van der Waals surface area contributed by atoms with E-state index in [4.69, 9.17) is 0 Å². The second kappa shape index (κ2) is 6.07. The van der Waals surface area contributed by atoms with E-state index in [1.807, 2.05) is 38.4 Å². The molecule has 2 rings (SSSR count). The zero-order valence-corrected chi connectivity index (χ0v) is 12.0. The number of hydrogen-bond acceptors (Lipinski definition) is 8. The Balaban J connectivity index is 2.03. The van der Waals surface area contributed by atoms with Crippen molar-refractivity contribution in [3.05, 3.63) is 18.0 Å². The SMILES string of the molecule is CNCc1cnc(Sc2nnc(N(C)C)s2)nc1. The van der Waals surface area contributed by atoms with Gasteiger partial charge in [0.15, 0.2) is 9.50 Å². The lowest BCUT2D eigenvalue weighted by Crippen LogP contribution is -2.07. The van der Waals surface area contributed by atoms with Crippen molar-refractivity contribution in [3.63, 3.8) is 0 Å². The number of nitrogens with one attached hydrogen (secondary N) is 1. The van der Waals surface area contributed by atoms with Gasteiger partial charge in [-0.25, -0.2) is 9.97 Å². The first-order valence-electron chi connectivity index (χ1n) is 5.33. The maximum Gasteiger partial charge on any atom is 0.208 e. The van der Waals surface area contributed by atoms with Crippen LogP contribution < -0.4 is 10.2 Å². The molecule has 0 bridgehead atoms. The van der Waals surface area contributed by atoms with Gasteiger partial charge in [0.2, 0.25) is 5.13 Å². The normalized spacial score (nSPS) is 10.6. The predicted molar refractivity (Wildman–Crippen MR) is 73.2 cm³/mol. The molecule has 6 nitrogen and oxygen atoms in total. The van der Waals surface area contributed by atoms with E-state index in [1.165, 1.54) is 23.1 Å². The van der Waals surface area contributed by atoms with E-state index in [-0.39, 0.29) is 0 Å². The summed E-state index contributed by atoms with van der Waals surface area (Å²) in [5.41, 5.74) is 1.06. The molecule has 0 fully saturated rings. The fourth-order valence-electron chi connectivity index (χ4n) is 1.19. The van der Waals surface area contributed by atoms with E-state index in [0.717, 1.165) is 21.6 Å². The third-order valence-electron chi connectivity index (χ3n) is 2.02. The first-order valence-corrected chi connectivity index (χ1v) is 6.96. The molecular formula is C10H14N6S2. The Morgan fingerprint density at radius 1 is 1.28 bits per heavy atom. The summed E-state index contributed by atoms with van der Waals surface area (Å²) in [7, 11) is 5.78. The van der Waals surface area contributed by atoms with Crippen molar-refractivity contribution in [2.75, 3.05) is 26.0 Å². The summed E-state index contributed by atoms with van der Waals surface area (Å²) in [6.45, 7) is 0.772. The highest BCUT2D eigenvalue weighted by molar-refractivity contribution is 8.00. The van der Waals surface area contributed by atoms with Crippen LogP contribution in [0.3, 0.4) is 0 Å². The van der Waals surface area contributed by atoms with Gasteiger partial charge in [-0.2, -0.15) is 0 Å². The van der Waals surface area contributed by atoms with Gasteiger partial charge in [-0.15, -0.1) is 10.2 Å². The molecule has 0 aliphatic carbocycles. The summed E-state index contributed by atoms with van der Waals surface area (Å²) in [4.78, 5) is 10.5. The van der Waals surface area contributed by atoms with Crippen molar-refractivity contribution in [2.45, 2.75) is 16.0 Å². The lowest BCUT2D eigenvalue weighted by molar-refractivity contribution is 0.793. The zero-order valence-electron chi connectivity index (χ0n) is 10.4. The van der Waals surface area contributed by atoms with Crippen molar-refractivity contribution in [1.82, 2.24) is 25.5 Å². The highest BCUT2D eigenvalue weighted by Gasteiger charge is 2.08. The van der Waals surface area contributed by atoms with Crippen molar-refractivity contribution >= 4 is 28.2 Å². The van der Waals surface area contributed by atoms with Gasteiger partial charge in [-0.05, 0) is 18.8 Å². The fourth-order valence-corrected chi connectivity index (χ4v) is 2.76. The maximum absolute atomic E-state index is 4.28. The predicted octanol–water partition coefficient (Wildman–Crippen LogP) is 1.26. The minimum Gasteiger partial charge on any atom is -0.353 e. The summed E-state index contributed by atoms with van der Waals surface area (Å²) in [5, 5.41) is 12.8. The van der Waals surface area contributed by atoms with Crippen LogP contribution in [0.4, 0.5) is 5.13 Å². The molecule has 0 unspecified atom stereocenters. The third kappa shape index (κ3) is 3.37. The molecular weight excluding hydrogens is 268 g/mol. The molecule has 0 saturated carbocycles. The largest absolute Gasteiger partial charge is 0.353 e. The second-order valence-corrected chi connectivity index (χ2v) is 5.92.